The number of carbonyl (C=O) groups excluding carboxylic acids is 1. The Morgan fingerprint density at radius 3 is 2.47 bits per heavy atom. The minimum atomic E-state index is 0.230. The van der Waals surface area contributed by atoms with Gasteiger partial charge in [-0.05, 0) is 25.7 Å². The molecule has 15 heavy (non-hydrogen) atoms. The normalized spacial score (nSPS) is 28.3. The second-order valence-corrected chi connectivity index (χ2v) is 4.95. The van der Waals surface area contributed by atoms with E-state index in [4.69, 9.17) is 0 Å². The van der Waals surface area contributed by atoms with Crippen molar-refractivity contribution in [2.45, 2.75) is 57.5 Å². The van der Waals surface area contributed by atoms with E-state index in [1.807, 2.05) is 4.90 Å². The van der Waals surface area contributed by atoms with Crippen molar-refractivity contribution in [2.24, 2.45) is 0 Å². The molecule has 1 amide bonds. The Balaban J connectivity index is 1.79. The number of piperidine rings is 1. The molecule has 1 saturated carbocycles. The third-order valence-electron chi connectivity index (χ3n) is 3.69. The Morgan fingerprint density at radius 1 is 1.13 bits per heavy atom. The second kappa shape index (κ2) is 4.97. The van der Waals surface area contributed by atoms with Gasteiger partial charge in [0.05, 0.1) is 0 Å². The van der Waals surface area contributed by atoms with Crippen molar-refractivity contribution in [3.8, 4) is 0 Å². The van der Waals surface area contributed by atoms with Gasteiger partial charge in [0.2, 0.25) is 5.91 Å². The molecule has 0 radical (unpaired) electrons. The van der Waals surface area contributed by atoms with Crippen LogP contribution in [0.2, 0.25) is 0 Å². The number of nitrogens with zero attached hydrogens (tertiary/aromatic N) is 1. The SMILES string of the molecule is CC(=O)N1CCCC(NC2CCCC2)C1. The van der Waals surface area contributed by atoms with E-state index < -0.39 is 0 Å². The molecule has 0 aromatic heterocycles. The number of nitrogens with one attached hydrogen (secondary N) is 1. The largest absolute Gasteiger partial charge is 0.341 e. The molecule has 1 saturated heterocycles. The summed E-state index contributed by atoms with van der Waals surface area (Å²) in [6.07, 6.45) is 7.80. The molecular weight excluding hydrogens is 188 g/mol. The summed E-state index contributed by atoms with van der Waals surface area (Å²) in [5.74, 6) is 0.230. The highest BCUT2D eigenvalue weighted by Gasteiger charge is 2.24. The van der Waals surface area contributed by atoms with Gasteiger partial charge in [-0.3, -0.25) is 4.79 Å². The van der Waals surface area contributed by atoms with Gasteiger partial charge < -0.3 is 10.2 Å². The highest BCUT2D eigenvalue weighted by molar-refractivity contribution is 5.73. The van der Waals surface area contributed by atoms with Gasteiger partial charge >= 0.3 is 0 Å². The zero-order valence-electron chi connectivity index (χ0n) is 9.67. The van der Waals surface area contributed by atoms with Crippen molar-refractivity contribution in [1.82, 2.24) is 10.2 Å². The maximum atomic E-state index is 11.3. The molecule has 0 aromatic carbocycles. The van der Waals surface area contributed by atoms with Crippen molar-refractivity contribution in [2.75, 3.05) is 13.1 Å². The summed E-state index contributed by atoms with van der Waals surface area (Å²) in [7, 11) is 0. The first-order chi connectivity index (χ1) is 7.25. The van der Waals surface area contributed by atoms with Crippen molar-refractivity contribution in [3.05, 3.63) is 0 Å². The Morgan fingerprint density at radius 2 is 1.80 bits per heavy atom. The summed E-state index contributed by atoms with van der Waals surface area (Å²) in [6.45, 7) is 3.56. The van der Waals surface area contributed by atoms with Gasteiger partial charge in [-0.1, -0.05) is 12.8 Å². The first-order valence-corrected chi connectivity index (χ1v) is 6.27. The standard InChI is InChI=1S/C12H22N2O/c1-10(15)14-8-4-7-12(9-14)13-11-5-2-3-6-11/h11-13H,2-9H2,1H3. The summed E-state index contributed by atoms with van der Waals surface area (Å²) in [5.41, 5.74) is 0. The minimum absolute atomic E-state index is 0.230. The van der Waals surface area contributed by atoms with Crippen molar-refractivity contribution >= 4 is 5.91 Å². The first kappa shape index (κ1) is 10.9. The Hall–Kier alpha value is -0.570. The van der Waals surface area contributed by atoms with Crippen LogP contribution in [0.15, 0.2) is 0 Å². The molecular formula is C12H22N2O. The van der Waals surface area contributed by atoms with Gasteiger partial charge in [0, 0.05) is 32.1 Å². The van der Waals surface area contributed by atoms with Crippen LogP contribution in [0, 0.1) is 0 Å². The Bertz CT molecular complexity index is 224. The van der Waals surface area contributed by atoms with Crippen molar-refractivity contribution in [1.29, 1.82) is 0 Å². The number of hydrogen-bond donors (Lipinski definition) is 1. The van der Waals surface area contributed by atoms with E-state index >= 15 is 0 Å². The van der Waals surface area contributed by atoms with Gasteiger partial charge in [-0.2, -0.15) is 0 Å². The summed E-state index contributed by atoms with van der Waals surface area (Å²) in [4.78, 5) is 13.3. The van der Waals surface area contributed by atoms with Crippen LogP contribution in [-0.2, 0) is 4.79 Å². The predicted molar refractivity (Wildman–Crippen MR) is 60.7 cm³/mol. The van der Waals surface area contributed by atoms with E-state index in [9.17, 15) is 4.79 Å². The fourth-order valence-corrected chi connectivity index (χ4v) is 2.83. The quantitative estimate of drug-likeness (QED) is 0.749. The zero-order valence-corrected chi connectivity index (χ0v) is 9.67. The highest BCUT2D eigenvalue weighted by Crippen LogP contribution is 2.20. The average Bonchev–Trinajstić information content (AvgIpc) is 2.71. The molecule has 86 valence electrons. The van der Waals surface area contributed by atoms with Gasteiger partial charge in [0.25, 0.3) is 0 Å². The molecule has 2 fully saturated rings. The molecule has 1 unspecified atom stereocenters. The maximum Gasteiger partial charge on any atom is 0.219 e. The molecule has 2 aliphatic rings. The Labute approximate surface area is 92.2 Å². The van der Waals surface area contributed by atoms with Crippen LogP contribution in [0.4, 0.5) is 0 Å². The lowest BCUT2D eigenvalue weighted by atomic mass is 10.0. The van der Waals surface area contributed by atoms with E-state index in [0.29, 0.717) is 6.04 Å². The number of amides is 1. The van der Waals surface area contributed by atoms with E-state index in [0.717, 1.165) is 25.6 Å². The molecule has 0 spiro atoms. The summed E-state index contributed by atoms with van der Waals surface area (Å²) in [5, 5.41) is 3.71. The maximum absolute atomic E-state index is 11.3. The molecule has 3 nitrogen and oxygen atoms in total. The fraction of sp³-hybridized carbons (Fsp3) is 0.917. The summed E-state index contributed by atoms with van der Waals surface area (Å²) in [6, 6.07) is 1.27. The molecule has 2 rings (SSSR count). The van der Waals surface area contributed by atoms with Crippen LogP contribution >= 0.6 is 0 Å². The molecule has 1 aliphatic carbocycles. The molecule has 0 bridgehead atoms. The van der Waals surface area contributed by atoms with E-state index in [2.05, 4.69) is 5.32 Å². The van der Waals surface area contributed by atoms with Gasteiger partial charge in [0.15, 0.2) is 0 Å². The number of rotatable bonds is 2. The first-order valence-electron chi connectivity index (χ1n) is 6.27. The Kier molecular flexibility index (Phi) is 3.62. The smallest absolute Gasteiger partial charge is 0.219 e. The molecule has 1 heterocycles. The predicted octanol–water partition coefficient (Wildman–Crippen LogP) is 1.53. The molecule has 1 aliphatic heterocycles. The summed E-state index contributed by atoms with van der Waals surface area (Å²) < 4.78 is 0. The number of likely N-dealkylation sites (tertiary alicyclic amines) is 1. The lowest BCUT2D eigenvalue weighted by Gasteiger charge is -2.34. The molecule has 1 atom stereocenters. The highest BCUT2D eigenvalue weighted by atomic mass is 16.2. The third-order valence-corrected chi connectivity index (χ3v) is 3.69. The second-order valence-electron chi connectivity index (χ2n) is 4.95. The number of carbonyl (C=O) groups is 1. The molecule has 3 heteroatoms. The van der Waals surface area contributed by atoms with Gasteiger partial charge in [0.1, 0.15) is 0 Å². The van der Waals surface area contributed by atoms with Crippen LogP contribution < -0.4 is 5.32 Å². The van der Waals surface area contributed by atoms with Crippen LogP contribution in [0.1, 0.15) is 45.4 Å². The van der Waals surface area contributed by atoms with E-state index in [1.54, 1.807) is 6.92 Å². The molecule has 1 N–H and O–H groups in total. The topological polar surface area (TPSA) is 32.3 Å². The third kappa shape index (κ3) is 2.94. The minimum Gasteiger partial charge on any atom is -0.341 e. The van der Waals surface area contributed by atoms with Crippen LogP contribution in [0.3, 0.4) is 0 Å². The lowest BCUT2D eigenvalue weighted by molar-refractivity contribution is -0.130. The van der Waals surface area contributed by atoms with Crippen LogP contribution in [-0.4, -0.2) is 36.0 Å². The lowest BCUT2D eigenvalue weighted by Crippen LogP contribution is -2.49. The van der Waals surface area contributed by atoms with Gasteiger partial charge in [-0.25, -0.2) is 0 Å². The van der Waals surface area contributed by atoms with Crippen molar-refractivity contribution < 1.29 is 4.79 Å². The number of hydrogen-bond acceptors (Lipinski definition) is 2. The summed E-state index contributed by atoms with van der Waals surface area (Å²) >= 11 is 0. The van der Waals surface area contributed by atoms with E-state index in [-0.39, 0.29) is 5.91 Å². The molecule has 0 aromatic rings. The fourth-order valence-electron chi connectivity index (χ4n) is 2.83. The van der Waals surface area contributed by atoms with Crippen LogP contribution in [0.5, 0.6) is 0 Å². The average molecular weight is 210 g/mol. The van der Waals surface area contributed by atoms with Crippen LogP contribution in [0.25, 0.3) is 0 Å². The van der Waals surface area contributed by atoms with Crippen molar-refractivity contribution in [3.63, 3.8) is 0 Å². The van der Waals surface area contributed by atoms with E-state index in [1.165, 1.54) is 32.1 Å². The monoisotopic (exact) mass is 210 g/mol. The zero-order chi connectivity index (χ0) is 10.7. The van der Waals surface area contributed by atoms with Gasteiger partial charge in [-0.15, -0.1) is 0 Å².